The molecule has 0 atom stereocenters. The van der Waals surface area contributed by atoms with Crippen molar-refractivity contribution in [2.45, 2.75) is 19.1 Å². The third-order valence-corrected chi connectivity index (χ3v) is 4.53. The largest absolute Gasteiger partial charge is 0.465 e. The molecule has 3 rings (SSSR count). The number of oxazole rings is 1. The van der Waals surface area contributed by atoms with Gasteiger partial charge in [-0.2, -0.15) is 0 Å². The number of aromatic amines is 1. The van der Waals surface area contributed by atoms with Crippen molar-refractivity contribution in [3.63, 3.8) is 0 Å². The molecule has 1 aromatic carbocycles. The standard InChI is InChI=1S/C17H16N2O4S/c1-9-14(16(21)22-3)10(2)18-15(9)12(20)8-24-17-19-11-6-4-5-7-13(11)23-17/h4-7,18H,8H2,1-3H3. The lowest BCUT2D eigenvalue weighted by atomic mass is 10.1. The molecule has 0 aliphatic carbocycles. The SMILES string of the molecule is COC(=O)c1c(C)[nH]c(C(=O)CSc2nc3ccccc3o2)c1C. The van der Waals surface area contributed by atoms with E-state index in [0.29, 0.717) is 33.3 Å². The Kier molecular flexibility index (Phi) is 4.44. The van der Waals surface area contributed by atoms with Gasteiger partial charge in [0.15, 0.2) is 11.4 Å². The Morgan fingerprint density at radius 3 is 2.75 bits per heavy atom. The van der Waals surface area contributed by atoms with Gasteiger partial charge in [0.1, 0.15) is 5.52 Å². The van der Waals surface area contributed by atoms with Gasteiger partial charge < -0.3 is 14.1 Å². The number of hydrogen-bond donors (Lipinski definition) is 1. The average molecular weight is 344 g/mol. The van der Waals surface area contributed by atoms with Crippen molar-refractivity contribution in [2.75, 3.05) is 12.9 Å². The highest BCUT2D eigenvalue weighted by molar-refractivity contribution is 7.99. The van der Waals surface area contributed by atoms with Crippen LogP contribution in [0.2, 0.25) is 0 Å². The van der Waals surface area contributed by atoms with Crippen LogP contribution in [-0.2, 0) is 4.74 Å². The van der Waals surface area contributed by atoms with Gasteiger partial charge in [-0.05, 0) is 31.5 Å². The molecule has 0 aliphatic heterocycles. The smallest absolute Gasteiger partial charge is 0.339 e. The molecule has 0 amide bonds. The van der Waals surface area contributed by atoms with Crippen LogP contribution in [0.25, 0.3) is 11.1 Å². The fraction of sp³-hybridized carbons (Fsp3) is 0.235. The Morgan fingerprint density at radius 1 is 1.29 bits per heavy atom. The number of Topliss-reactive ketones (excluding diaryl/α,β-unsaturated/α-hetero) is 1. The maximum atomic E-state index is 12.5. The lowest BCUT2D eigenvalue weighted by molar-refractivity contribution is 0.0599. The molecule has 3 aromatic rings. The van der Waals surface area contributed by atoms with Crippen LogP contribution in [0.15, 0.2) is 33.9 Å². The third-order valence-electron chi connectivity index (χ3n) is 3.71. The van der Waals surface area contributed by atoms with Gasteiger partial charge in [0, 0.05) is 5.69 Å². The van der Waals surface area contributed by atoms with Crippen molar-refractivity contribution >= 4 is 34.6 Å². The van der Waals surface area contributed by atoms with E-state index in [1.54, 1.807) is 13.8 Å². The van der Waals surface area contributed by atoms with Gasteiger partial charge in [-0.15, -0.1) is 0 Å². The second-order valence-corrected chi connectivity index (χ2v) is 6.20. The first-order chi connectivity index (χ1) is 11.5. The maximum Gasteiger partial charge on any atom is 0.339 e. The van der Waals surface area contributed by atoms with E-state index in [1.807, 2.05) is 24.3 Å². The Balaban J connectivity index is 1.76. The number of hydrogen-bond acceptors (Lipinski definition) is 6. The fourth-order valence-corrected chi connectivity index (χ4v) is 3.26. The van der Waals surface area contributed by atoms with Crippen molar-refractivity contribution < 1.29 is 18.7 Å². The lowest BCUT2D eigenvalue weighted by Crippen LogP contribution is -2.07. The van der Waals surface area contributed by atoms with E-state index in [2.05, 4.69) is 9.97 Å². The van der Waals surface area contributed by atoms with Gasteiger partial charge in [-0.1, -0.05) is 23.9 Å². The summed E-state index contributed by atoms with van der Waals surface area (Å²) in [6.45, 7) is 3.47. The lowest BCUT2D eigenvalue weighted by Gasteiger charge is -2.00. The highest BCUT2D eigenvalue weighted by atomic mass is 32.2. The first-order valence-electron chi connectivity index (χ1n) is 7.30. The Labute approximate surface area is 142 Å². The second kappa shape index (κ2) is 6.52. The minimum Gasteiger partial charge on any atom is -0.465 e. The molecule has 0 fully saturated rings. The molecule has 24 heavy (non-hydrogen) atoms. The van der Waals surface area contributed by atoms with Gasteiger partial charge in [0.05, 0.1) is 24.1 Å². The van der Waals surface area contributed by atoms with Crippen molar-refractivity contribution in [3.05, 3.63) is 46.8 Å². The minimum absolute atomic E-state index is 0.127. The Hall–Kier alpha value is -2.54. The molecule has 0 aliphatic rings. The number of ketones is 1. The zero-order chi connectivity index (χ0) is 17.3. The van der Waals surface area contributed by atoms with Crippen LogP contribution in [0.4, 0.5) is 0 Å². The highest BCUT2D eigenvalue weighted by Crippen LogP contribution is 2.25. The van der Waals surface area contributed by atoms with Gasteiger partial charge in [0.2, 0.25) is 0 Å². The number of H-pyrrole nitrogens is 1. The van der Waals surface area contributed by atoms with Gasteiger partial charge >= 0.3 is 5.97 Å². The van der Waals surface area contributed by atoms with Crippen LogP contribution >= 0.6 is 11.8 Å². The topological polar surface area (TPSA) is 85.2 Å². The summed E-state index contributed by atoms with van der Waals surface area (Å²) in [6.07, 6.45) is 0. The maximum absolute atomic E-state index is 12.5. The van der Waals surface area contributed by atoms with E-state index in [-0.39, 0.29) is 11.5 Å². The summed E-state index contributed by atoms with van der Waals surface area (Å²) in [5, 5.41) is 0.443. The molecule has 7 heteroatoms. The monoisotopic (exact) mass is 344 g/mol. The zero-order valence-electron chi connectivity index (χ0n) is 13.5. The van der Waals surface area contributed by atoms with Gasteiger partial charge in [0.25, 0.3) is 5.22 Å². The number of carbonyl (C=O) groups is 2. The first kappa shape index (κ1) is 16.3. The zero-order valence-corrected chi connectivity index (χ0v) is 14.3. The van der Waals surface area contributed by atoms with Crippen LogP contribution in [-0.4, -0.2) is 34.6 Å². The van der Waals surface area contributed by atoms with Crippen molar-refractivity contribution in [1.82, 2.24) is 9.97 Å². The molecule has 0 spiro atoms. The Morgan fingerprint density at radius 2 is 2.04 bits per heavy atom. The summed E-state index contributed by atoms with van der Waals surface area (Å²) in [5.41, 5.74) is 3.49. The molecule has 0 saturated carbocycles. The molecular weight excluding hydrogens is 328 g/mol. The third kappa shape index (κ3) is 2.94. The van der Waals surface area contributed by atoms with E-state index in [4.69, 9.17) is 9.15 Å². The number of ether oxygens (including phenoxy) is 1. The number of esters is 1. The summed E-state index contributed by atoms with van der Waals surface area (Å²) < 4.78 is 10.3. The fourth-order valence-electron chi connectivity index (χ4n) is 2.55. The van der Waals surface area contributed by atoms with Crippen molar-refractivity contribution in [1.29, 1.82) is 0 Å². The van der Waals surface area contributed by atoms with Crippen LogP contribution in [0, 0.1) is 13.8 Å². The molecule has 124 valence electrons. The van der Waals surface area contributed by atoms with Crippen LogP contribution < -0.4 is 0 Å². The van der Waals surface area contributed by atoms with E-state index >= 15 is 0 Å². The van der Waals surface area contributed by atoms with Gasteiger partial charge in [-0.3, -0.25) is 4.79 Å². The molecular formula is C17H16N2O4S. The molecule has 0 unspecified atom stereocenters. The number of nitrogens with zero attached hydrogens (tertiary/aromatic N) is 1. The molecule has 6 nitrogen and oxygen atoms in total. The molecule has 2 aromatic heterocycles. The quantitative estimate of drug-likeness (QED) is 0.433. The number of thioether (sulfide) groups is 1. The first-order valence-corrected chi connectivity index (χ1v) is 8.29. The summed E-state index contributed by atoms with van der Waals surface area (Å²) in [7, 11) is 1.32. The number of methoxy groups -OCH3 is 1. The number of aryl methyl sites for hydroxylation is 1. The van der Waals surface area contributed by atoms with E-state index < -0.39 is 5.97 Å². The van der Waals surface area contributed by atoms with Crippen LogP contribution in [0.1, 0.15) is 32.1 Å². The Bertz CT molecular complexity index is 893. The number of para-hydroxylation sites is 2. The number of benzene rings is 1. The number of aromatic nitrogens is 2. The molecule has 2 heterocycles. The van der Waals surface area contributed by atoms with Gasteiger partial charge in [-0.25, -0.2) is 9.78 Å². The van der Waals surface area contributed by atoms with Crippen LogP contribution in [0.3, 0.4) is 0 Å². The number of fused-ring (bicyclic) bond motifs is 1. The molecule has 0 saturated heterocycles. The summed E-state index contributed by atoms with van der Waals surface area (Å²) in [5.74, 6) is -0.418. The molecule has 1 N–H and O–H groups in total. The average Bonchev–Trinajstić information content (AvgIpc) is 3.12. The van der Waals surface area contributed by atoms with E-state index in [0.717, 1.165) is 5.52 Å². The summed E-state index contributed by atoms with van der Waals surface area (Å²) in [6, 6.07) is 7.43. The van der Waals surface area contributed by atoms with E-state index in [1.165, 1.54) is 18.9 Å². The molecule has 0 radical (unpaired) electrons. The normalized spacial score (nSPS) is 11.0. The number of nitrogens with one attached hydrogen (secondary N) is 1. The van der Waals surface area contributed by atoms with E-state index in [9.17, 15) is 9.59 Å². The second-order valence-electron chi connectivity index (χ2n) is 5.28. The summed E-state index contributed by atoms with van der Waals surface area (Å²) >= 11 is 1.22. The predicted octanol–water partition coefficient (Wildman–Crippen LogP) is 3.53. The molecule has 0 bridgehead atoms. The van der Waals surface area contributed by atoms with Crippen molar-refractivity contribution in [2.24, 2.45) is 0 Å². The van der Waals surface area contributed by atoms with Crippen molar-refractivity contribution in [3.8, 4) is 0 Å². The minimum atomic E-state index is -0.452. The number of carbonyl (C=O) groups excluding carboxylic acids is 2. The number of rotatable bonds is 5. The predicted molar refractivity (Wildman–Crippen MR) is 90.7 cm³/mol. The summed E-state index contributed by atoms with van der Waals surface area (Å²) in [4.78, 5) is 31.5. The van der Waals surface area contributed by atoms with Crippen LogP contribution in [0.5, 0.6) is 0 Å². The highest BCUT2D eigenvalue weighted by Gasteiger charge is 2.22.